The van der Waals surface area contributed by atoms with Crippen molar-refractivity contribution in [3.63, 3.8) is 0 Å². The number of likely N-dealkylation sites (N-methyl/N-ethyl adjacent to an activating group) is 1. The fourth-order valence-electron chi connectivity index (χ4n) is 2.88. The number of benzene rings is 1. The van der Waals surface area contributed by atoms with Crippen molar-refractivity contribution >= 4 is 17.7 Å². The predicted octanol–water partition coefficient (Wildman–Crippen LogP) is 1.35. The minimum atomic E-state index is -0.179. The molecule has 0 aliphatic carbocycles. The van der Waals surface area contributed by atoms with Crippen molar-refractivity contribution in [2.75, 3.05) is 25.9 Å². The van der Waals surface area contributed by atoms with Crippen LogP contribution in [0.5, 0.6) is 0 Å². The highest BCUT2D eigenvalue weighted by molar-refractivity contribution is 7.98. The van der Waals surface area contributed by atoms with E-state index in [2.05, 4.69) is 45.6 Å². The summed E-state index contributed by atoms with van der Waals surface area (Å²) in [5.41, 5.74) is 0.967. The number of piperazine rings is 1. The van der Waals surface area contributed by atoms with Gasteiger partial charge in [0.1, 0.15) is 12.2 Å². The van der Waals surface area contributed by atoms with Crippen LogP contribution in [0.4, 0.5) is 0 Å². The van der Waals surface area contributed by atoms with Crippen molar-refractivity contribution < 1.29 is 4.79 Å². The predicted molar refractivity (Wildman–Crippen MR) is 90.9 cm³/mol. The highest BCUT2D eigenvalue weighted by Crippen LogP contribution is 2.18. The number of carbonyl (C=O) groups excluding carboxylic acids is 1. The zero-order chi connectivity index (χ0) is 16.2. The minimum Gasteiger partial charge on any atom is -0.353 e. The molecule has 3 rings (SSSR count). The smallest absolute Gasteiger partial charge is 0.237 e. The maximum Gasteiger partial charge on any atom is 0.237 e. The summed E-state index contributed by atoms with van der Waals surface area (Å²) >= 11 is 1.71. The topological polar surface area (TPSA) is 63.1 Å². The van der Waals surface area contributed by atoms with Gasteiger partial charge in [-0.3, -0.25) is 9.69 Å². The third-order valence-electron chi connectivity index (χ3n) is 4.16. The van der Waals surface area contributed by atoms with Crippen LogP contribution in [0.25, 0.3) is 5.69 Å². The largest absolute Gasteiger partial charge is 0.353 e. The summed E-state index contributed by atoms with van der Waals surface area (Å²) in [6.45, 7) is 4.53. The Kier molecular flexibility index (Phi) is 4.97. The first-order valence-corrected chi connectivity index (χ1v) is 9.00. The van der Waals surface area contributed by atoms with Gasteiger partial charge in [-0.15, -0.1) is 11.8 Å². The number of hydrogen-bond donors (Lipinski definition) is 1. The normalized spacial score (nSPS) is 18.9. The summed E-state index contributed by atoms with van der Waals surface area (Å²) in [5.74, 6) is 0.882. The lowest BCUT2D eigenvalue weighted by atomic mass is 10.1. The van der Waals surface area contributed by atoms with Crippen LogP contribution >= 0.6 is 11.8 Å². The fourth-order valence-corrected chi connectivity index (χ4v) is 3.29. The van der Waals surface area contributed by atoms with E-state index in [1.807, 2.05) is 16.8 Å². The SMILES string of the molecule is CCN1CCNC(=O)[C@H]1Cc1ncnn1-c1ccc(SC)cc1. The average molecular weight is 331 g/mol. The standard InChI is InChI=1S/C16H21N5OS/c1-3-20-9-8-17-16(22)14(20)10-15-18-11-19-21(15)12-4-6-13(23-2)7-5-12/h4-7,11,14H,3,8-10H2,1-2H3,(H,17,22)/t14-/m1/s1. The Labute approximate surface area is 140 Å². The van der Waals surface area contributed by atoms with E-state index in [0.29, 0.717) is 13.0 Å². The molecule has 0 spiro atoms. The molecule has 1 aliphatic rings. The lowest BCUT2D eigenvalue weighted by Gasteiger charge is -2.33. The minimum absolute atomic E-state index is 0.0744. The summed E-state index contributed by atoms with van der Waals surface area (Å²) < 4.78 is 1.82. The van der Waals surface area contributed by atoms with Crippen LogP contribution in [0.2, 0.25) is 0 Å². The molecule has 1 atom stereocenters. The maximum atomic E-state index is 12.2. The van der Waals surface area contributed by atoms with Gasteiger partial charge >= 0.3 is 0 Å². The van der Waals surface area contributed by atoms with Crippen molar-refractivity contribution in [2.45, 2.75) is 24.3 Å². The van der Waals surface area contributed by atoms with Crippen LogP contribution in [0, 0.1) is 0 Å². The van der Waals surface area contributed by atoms with Gasteiger partial charge in [0.15, 0.2) is 0 Å². The van der Waals surface area contributed by atoms with Crippen LogP contribution in [0.3, 0.4) is 0 Å². The van der Waals surface area contributed by atoms with E-state index >= 15 is 0 Å². The number of nitrogens with one attached hydrogen (secondary N) is 1. The first-order chi connectivity index (χ1) is 11.2. The second-order valence-corrected chi connectivity index (χ2v) is 6.31. The third-order valence-corrected chi connectivity index (χ3v) is 4.90. The quantitative estimate of drug-likeness (QED) is 0.838. The molecule has 1 aliphatic heterocycles. The summed E-state index contributed by atoms with van der Waals surface area (Å²) in [7, 11) is 0. The number of nitrogens with zero attached hydrogens (tertiary/aromatic N) is 4. The van der Waals surface area contributed by atoms with Crippen molar-refractivity contribution in [1.82, 2.24) is 25.0 Å². The second-order valence-electron chi connectivity index (χ2n) is 5.43. The lowest BCUT2D eigenvalue weighted by molar-refractivity contribution is -0.128. The molecule has 122 valence electrons. The van der Waals surface area contributed by atoms with Crippen LogP contribution in [0.15, 0.2) is 35.5 Å². The van der Waals surface area contributed by atoms with Gasteiger partial charge in [-0.1, -0.05) is 6.92 Å². The molecule has 1 aromatic carbocycles. The molecule has 6 nitrogen and oxygen atoms in total. The molecule has 0 radical (unpaired) electrons. The Morgan fingerprint density at radius 3 is 2.83 bits per heavy atom. The van der Waals surface area contributed by atoms with Crippen LogP contribution in [-0.4, -0.2) is 57.5 Å². The monoisotopic (exact) mass is 331 g/mol. The van der Waals surface area contributed by atoms with E-state index in [4.69, 9.17) is 0 Å². The zero-order valence-electron chi connectivity index (χ0n) is 13.4. The van der Waals surface area contributed by atoms with Crippen molar-refractivity contribution in [1.29, 1.82) is 0 Å². The Morgan fingerprint density at radius 2 is 2.13 bits per heavy atom. The van der Waals surface area contributed by atoms with Gasteiger partial charge in [-0.05, 0) is 37.1 Å². The zero-order valence-corrected chi connectivity index (χ0v) is 14.2. The number of aromatic nitrogens is 3. The van der Waals surface area contributed by atoms with Gasteiger partial charge in [-0.2, -0.15) is 5.10 Å². The molecule has 1 aromatic heterocycles. The third kappa shape index (κ3) is 3.40. The van der Waals surface area contributed by atoms with E-state index in [9.17, 15) is 4.79 Å². The van der Waals surface area contributed by atoms with Gasteiger partial charge in [0.2, 0.25) is 5.91 Å². The van der Waals surface area contributed by atoms with Gasteiger partial charge in [0, 0.05) is 24.4 Å². The molecule has 1 fully saturated rings. The van der Waals surface area contributed by atoms with Crippen LogP contribution in [-0.2, 0) is 11.2 Å². The summed E-state index contributed by atoms with van der Waals surface area (Å²) in [5, 5.41) is 7.27. The Hall–Kier alpha value is -1.86. The number of rotatable bonds is 5. The molecule has 2 aromatic rings. The summed E-state index contributed by atoms with van der Waals surface area (Å²) in [6, 6.07) is 8.02. The summed E-state index contributed by atoms with van der Waals surface area (Å²) in [4.78, 5) is 20.0. The maximum absolute atomic E-state index is 12.2. The molecule has 0 bridgehead atoms. The highest BCUT2D eigenvalue weighted by Gasteiger charge is 2.30. The molecule has 7 heteroatoms. The fraction of sp³-hybridized carbons (Fsp3) is 0.438. The van der Waals surface area contributed by atoms with Crippen molar-refractivity contribution in [3.05, 3.63) is 36.4 Å². The molecule has 1 saturated heterocycles. The number of amides is 1. The van der Waals surface area contributed by atoms with E-state index < -0.39 is 0 Å². The molecule has 1 N–H and O–H groups in total. The molecule has 2 heterocycles. The lowest BCUT2D eigenvalue weighted by Crippen LogP contribution is -2.56. The number of hydrogen-bond acceptors (Lipinski definition) is 5. The summed E-state index contributed by atoms with van der Waals surface area (Å²) in [6.07, 6.45) is 4.16. The first kappa shape index (κ1) is 16.0. The van der Waals surface area contributed by atoms with Crippen molar-refractivity contribution in [3.8, 4) is 5.69 Å². The highest BCUT2D eigenvalue weighted by atomic mass is 32.2. The van der Waals surface area contributed by atoms with Crippen molar-refractivity contribution in [2.24, 2.45) is 0 Å². The van der Waals surface area contributed by atoms with E-state index in [1.54, 1.807) is 18.1 Å². The van der Waals surface area contributed by atoms with E-state index in [0.717, 1.165) is 24.6 Å². The van der Waals surface area contributed by atoms with Gasteiger partial charge in [-0.25, -0.2) is 9.67 Å². The second kappa shape index (κ2) is 7.14. The van der Waals surface area contributed by atoms with E-state index in [-0.39, 0.29) is 11.9 Å². The Morgan fingerprint density at radius 1 is 1.35 bits per heavy atom. The molecular weight excluding hydrogens is 310 g/mol. The molecule has 0 saturated carbocycles. The molecule has 1 amide bonds. The Bertz CT molecular complexity index is 669. The Balaban J connectivity index is 1.83. The molecular formula is C16H21N5OS. The van der Waals surface area contributed by atoms with Gasteiger partial charge in [0.25, 0.3) is 0 Å². The van der Waals surface area contributed by atoms with Gasteiger partial charge < -0.3 is 5.32 Å². The first-order valence-electron chi connectivity index (χ1n) is 7.78. The van der Waals surface area contributed by atoms with Crippen LogP contribution < -0.4 is 5.32 Å². The number of thioether (sulfide) groups is 1. The number of carbonyl (C=O) groups is 1. The van der Waals surface area contributed by atoms with E-state index in [1.165, 1.54) is 4.90 Å². The molecule has 0 unspecified atom stereocenters. The van der Waals surface area contributed by atoms with Crippen LogP contribution in [0.1, 0.15) is 12.7 Å². The van der Waals surface area contributed by atoms with Gasteiger partial charge in [0.05, 0.1) is 11.7 Å². The molecule has 23 heavy (non-hydrogen) atoms. The average Bonchev–Trinajstić information content (AvgIpc) is 3.05.